The van der Waals surface area contributed by atoms with E-state index in [9.17, 15) is 14.4 Å². The van der Waals surface area contributed by atoms with E-state index in [-0.39, 0.29) is 41.7 Å². The second kappa shape index (κ2) is 16.2. The molecular weight excluding hydrogens is 568 g/mol. The molecule has 3 atom stereocenters. The molecule has 3 amide bonds. The van der Waals surface area contributed by atoms with Crippen LogP contribution in [0.3, 0.4) is 0 Å². The molecule has 242 valence electrons. The van der Waals surface area contributed by atoms with Crippen molar-refractivity contribution in [3.63, 3.8) is 0 Å². The van der Waals surface area contributed by atoms with Crippen LogP contribution in [0, 0.1) is 28.6 Å². The SMILES string of the molecule is CN(Cc1ccccc1)C(=O)C(Cc1ccc(C(=N)N)cc1)C(=O)NC(C(=O)NC(C(=N)N)C1CCNCC1)C1CCCCC1. The Labute approximate surface area is 265 Å². The van der Waals surface area contributed by atoms with Crippen LogP contribution >= 0.6 is 0 Å². The first kappa shape index (κ1) is 33.6. The molecule has 1 saturated carbocycles. The van der Waals surface area contributed by atoms with Gasteiger partial charge in [0.25, 0.3) is 0 Å². The Morgan fingerprint density at radius 1 is 0.822 bits per heavy atom. The zero-order valence-electron chi connectivity index (χ0n) is 26.2. The average Bonchev–Trinajstić information content (AvgIpc) is 3.05. The van der Waals surface area contributed by atoms with Crippen molar-refractivity contribution in [2.75, 3.05) is 20.1 Å². The fourth-order valence-corrected chi connectivity index (χ4v) is 6.54. The van der Waals surface area contributed by atoms with E-state index >= 15 is 0 Å². The number of carbonyl (C=O) groups excluding carboxylic acids is 3. The predicted molar refractivity (Wildman–Crippen MR) is 176 cm³/mol. The molecule has 2 aliphatic rings. The van der Waals surface area contributed by atoms with Gasteiger partial charge in [-0.15, -0.1) is 0 Å². The zero-order chi connectivity index (χ0) is 32.3. The molecule has 3 unspecified atom stereocenters. The number of hydrogen-bond acceptors (Lipinski definition) is 6. The molecule has 1 saturated heterocycles. The number of carbonyl (C=O) groups is 3. The van der Waals surface area contributed by atoms with E-state index in [0.29, 0.717) is 12.1 Å². The molecular formula is C34H48N8O3. The Kier molecular flexibility index (Phi) is 12.1. The van der Waals surface area contributed by atoms with Crippen LogP contribution in [0.1, 0.15) is 61.6 Å². The number of nitrogens with zero attached hydrogens (tertiary/aromatic N) is 1. The van der Waals surface area contributed by atoms with Gasteiger partial charge in [0, 0.05) is 19.2 Å². The Hall–Kier alpha value is -4.25. The summed E-state index contributed by atoms with van der Waals surface area (Å²) in [4.78, 5) is 43.5. The number of nitrogens with two attached hydrogens (primary N) is 2. The number of hydrogen-bond donors (Lipinski definition) is 7. The van der Waals surface area contributed by atoms with Gasteiger partial charge in [0.1, 0.15) is 23.6 Å². The number of nitrogen functional groups attached to an aromatic ring is 1. The van der Waals surface area contributed by atoms with Crippen LogP contribution in [0.4, 0.5) is 0 Å². The summed E-state index contributed by atoms with van der Waals surface area (Å²) in [6.07, 6.45) is 6.26. The molecule has 1 aliphatic heterocycles. The third kappa shape index (κ3) is 9.37. The summed E-state index contributed by atoms with van der Waals surface area (Å²) in [5.41, 5.74) is 13.8. The Morgan fingerprint density at radius 3 is 2.02 bits per heavy atom. The summed E-state index contributed by atoms with van der Waals surface area (Å²) in [6, 6.07) is 15.0. The quantitative estimate of drug-likeness (QED) is 0.103. The first-order chi connectivity index (χ1) is 21.6. The predicted octanol–water partition coefficient (Wildman–Crippen LogP) is 2.27. The lowest BCUT2D eigenvalue weighted by atomic mass is 9.82. The van der Waals surface area contributed by atoms with Gasteiger partial charge >= 0.3 is 0 Å². The van der Waals surface area contributed by atoms with Crippen molar-refractivity contribution < 1.29 is 14.4 Å². The summed E-state index contributed by atoms with van der Waals surface area (Å²) in [5, 5.41) is 25.2. The van der Waals surface area contributed by atoms with E-state index in [4.69, 9.17) is 22.3 Å². The number of benzene rings is 2. The van der Waals surface area contributed by atoms with E-state index in [1.54, 1.807) is 36.2 Å². The van der Waals surface area contributed by atoms with Gasteiger partial charge < -0.3 is 32.3 Å². The maximum Gasteiger partial charge on any atom is 0.243 e. The third-order valence-electron chi connectivity index (χ3n) is 9.15. The van der Waals surface area contributed by atoms with Gasteiger partial charge in [-0.2, -0.15) is 0 Å². The van der Waals surface area contributed by atoms with Gasteiger partial charge in [-0.05, 0) is 68.2 Å². The van der Waals surface area contributed by atoms with Crippen LogP contribution in [-0.2, 0) is 27.3 Å². The molecule has 1 heterocycles. The fraction of sp³-hybridized carbons (Fsp3) is 0.500. The first-order valence-electron chi connectivity index (χ1n) is 16.0. The summed E-state index contributed by atoms with van der Waals surface area (Å²) >= 11 is 0. The summed E-state index contributed by atoms with van der Waals surface area (Å²) in [5.74, 6) is -2.52. The van der Waals surface area contributed by atoms with Gasteiger partial charge in [-0.3, -0.25) is 25.2 Å². The van der Waals surface area contributed by atoms with Crippen LogP contribution in [-0.4, -0.2) is 66.5 Å². The number of amides is 3. The number of nitrogens with one attached hydrogen (secondary N) is 5. The van der Waals surface area contributed by atoms with E-state index in [0.717, 1.165) is 69.2 Å². The minimum absolute atomic E-state index is 0.0364. The first-order valence-corrected chi connectivity index (χ1v) is 16.0. The standard InChI is InChI=1S/C34H48N8O3/c1-42(21-23-8-4-2-5-9-23)34(45)27(20-22-12-14-26(15-13-22)30(35)36)32(43)41-29(24-10-6-3-7-11-24)33(44)40-28(31(37)38)25-16-18-39-19-17-25/h2,4-5,8-9,12-15,24-25,27-29,39H,3,6-7,10-11,16-21H2,1H3,(H3,35,36)(H3,37,38)(H,40,44)(H,41,43). The average molecular weight is 617 g/mol. The number of amidine groups is 2. The molecule has 45 heavy (non-hydrogen) atoms. The highest BCUT2D eigenvalue weighted by atomic mass is 16.2. The van der Waals surface area contributed by atoms with E-state index < -0.39 is 23.9 Å². The minimum atomic E-state index is -1.09. The smallest absolute Gasteiger partial charge is 0.243 e. The maximum absolute atomic E-state index is 14.1. The lowest BCUT2D eigenvalue weighted by molar-refractivity contribution is -0.143. The normalized spacial score (nSPS) is 17.8. The summed E-state index contributed by atoms with van der Waals surface area (Å²) < 4.78 is 0. The molecule has 0 radical (unpaired) electrons. The zero-order valence-corrected chi connectivity index (χ0v) is 26.2. The number of rotatable bonds is 13. The summed E-state index contributed by atoms with van der Waals surface area (Å²) in [7, 11) is 1.68. The van der Waals surface area contributed by atoms with Gasteiger partial charge in [0.2, 0.25) is 17.7 Å². The van der Waals surface area contributed by atoms with Gasteiger partial charge in [0.15, 0.2) is 0 Å². The van der Waals surface area contributed by atoms with Gasteiger partial charge in [-0.25, -0.2) is 0 Å². The van der Waals surface area contributed by atoms with E-state index in [1.807, 2.05) is 30.3 Å². The van der Waals surface area contributed by atoms with E-state index in [2.05, 4.69) is 16.0 Å². The molecule has 2 aromatic rings. The van der Waals surface area contributed by atoms with Crippen LogP contribution in [0.25, 0.3) is 0 Å². The monoisotopic (exact) mass is 616 g/mol. The molecule has 1 aliphatic carbocycles. The molecule has 4 rings (SSSR count). The molecule has 11 heteroatoms. The summed E-state index contributed by atoms with van der Waals surface area (Å²) in [6.45, 7) is 1.91. The molecule has 0 aromatic heterocycles. The topological polar surface area (TPSA) is 190 Å². The van der Waals surface area contributed by atoms with Gasteiger partial charge in [0.05, 0.1) is 6.04 Å². The molecule has 2 aromatic carbocycles. The highest BCUT2D eigenvalue weighted by molar-refractivity contribution is 6.02. The second-order valence-electron chi connectivity index (χ2n) is 12.5. The Balaban J connectivity index is 1.58. The lowest BCUT2D eigenvalue weighted by Crippen LogP contribution is -2.59. The fourth-order valence-electron chi connectivity index (χ4n) is 6.54. The second-order valence-corrected chi connectivity index (χ2v) is 12.5. The van der Waals surface area contributed by atoms with Crippen molar-refractivity contribution in [1.82, 2.24) is 20.9 Å². The highest BCUT2D eigenvalue weighted by Gasteiger charge is 2.38. The molecule has 11 nitrogen and oxygen atoms in total. The van der Waals surface area contributed by atoms with Crippen LogP contribution in [0.2, 0.25) is 0 Å². The largest absolute Gasteiger partial charge is 0.386 e. The van der Waals surface area contributed by atoms with Crippen molar-refractivity contribution in [3.8, 4) is 0 Å². The van der Waals surface area contributed by atoms with Crippen molar-refractivity contribution in [2.24, 2.45) is 29.2 Å². The molecule has 2 fully saturated rings. The van der Waals surface area contributed by atoms with Crippen LogP contribution in [0.15, 0.2) is 54.6 Å². The highest BCUT2D eigenvalue weighted by Crippen LogP contribution is 2.28. The van der Waals surface area contributed by atoms with Crippen molar-refractivity contribution in [3.05, 3.63) is 71.3 Å². The molecule has 9 N–H and O–H groups in total. The van der Waals surface area contributed by atoms with E-state index in [1.165, 1.54) is 0 Å². The Bertz CT molecular complexity index is 1320. The van der Waals surface area contributed by atoms with Gasteiger partial charge in [-0.1, -0.05) is 73.9 Å². The molecule has 0 spiro atoms. The number of piperidine rings is 1. The minimum Gasteiger partial charge on any atom is -0.386 e. The Morgan fingerprint density at radius 2 is 1.42 bits per heavy atom. The van der Waals surface area contributed by atoms with Crippen molar-refractivity contribution >= 4 is 29.4 Å². The van der Waals surface area contributed by atoms with Crippen LogP contribution < -0.4 is 27.4 Å². The van der Waals surface area contributed by atoms with Crippen molar-refractivity contribution in [2.45, 2.75) is 70.0 Å². The molecule has 0 bridgehead atoms. The van der Waals surface area contributed by atoms with Crippen molar-refractivity contribution in [1.29, 1.82) is 10.8 Å². The maximum atomic E-state index is 14.1. The third-order valence-corrected chi connectivity index (χ3v) is 9.15. The lowest BCUT2D eigenvalue weighted by Gasteiger charge is -2.35. The van der Waals surface area contributed by atoms with Crippen LogP contribution in [0.5, 0.6) is 0 Å².